The maximum Gasteiger partial charge on any atom is 0.238 e. The number of thioether (sulfide) groups is 1. The first kappa shape index (κ1) is 16.3. The SMILES string of the molecule is CC1CN(C(=O)CC2Sc3ccccc3NC2=O)CC1N(C)C. The number of hydrogen-bond donors (Lipinski definition) is 1. The fourth-order valence-corrected chi connectivity index (χ4v) is 4.44. The molecule has 0 aromatic heterocycles. The second kappa shape index (κ2) is 6.53. The molecule has 5 nitrogen and oxygen atoms in total. The highest BCUT2D eigenvalue weighted by Crippen LogP contribution is 2.37. The average Bonchev–Trinajstić information content (AvgIpc) is 2.90. The Morgan fingerprint density at radius 3 is 2.78 bits per heavy atom. The zero-order valence-corrected chi connectivity index (χ0v) is 14.6. The first-order valence-corrected chi connectivity index (χ1v) is 8.84. The normalized spacial score (nSPS) is 27.0. The van der Waals surface area contributed by atoms with E-state index >= 15 is 0 Å². The van der Waals surface area contributed by atoms with Gasteiger partial charge in [0.15, 0.2) is 0 Å². The monoisotopic (exact) mass is 333 g/mol. The van der Waals surface area contributed by atoms with Gasteiger partial charge in [-0.2, -0.15) is 0 Å². The Morgan fingerprint density at radius 2 is 2.09 bits per heavy atom. The van der Waals surface area contributed by atoms with Gasteiger partial charge >= 0.3 is 0 Å². The second-order valence-corrected chi connectivity index (χ2v) is 7.85. The summed E-state index contributed by atoms with van der Waals surface area (Å²) in [6.45, 7) is 3.70. The summed E-state index contributed by atoms with van der Waals surface area (Å²) >= 11 is 1.49. The van der Waals surface area contributed by atoms with Crippen LogP contribution in [-0.4, -0.2) is 60.1 Å². The third-order valence-electron chi connectivity index (χ3n) is 4.66. The zero-order chi connectivity index (χ0) is 16.6. The molecule has 23 heavy (non-hydrogen) atoms. The molecule has 1 saturated heterocycles. The van der Waals surface area contributed by atoms with Crippen LogP contribution in [0.1, 0.15) is 13.3 Å². The highest BCUT2D eigenvalue weighted by Gasteiger charge is 2.36. The number of carbonyl (C=O) groups excluding carboxylic acids is 2. The average molecular weight is 333 g/mol. The van der Waals surface area contributed by atoms with Crippen LogP contribution in [0, 0.1) is 5.92 Å². The number of carbonyl (C=O) groups is 2. The van der Waals surface area contributed by atoms with Crippen molar-refractivity contribution in [2.75, 3.05) is 32.5 Å². The Morgan fingerprint density at radius 1 is 1.35 bits per heavy atom. The lowest BCUT2D eigenvalue weighted by molar-refractivity contribution is -0.131. The lowest BCUT2D eigenvalue weighted by Crippen LogP contribution is -2.38. The van der Waals surface area contributed by atoms with Crippen LogP contribution in [0.5, 0.6) is 0 Å². The van der Waals surface area contributed by atoms with Gasteiger partial charge in [-0.3, -0.25) is 9.59 Å². The molecule has 124 valence electrons. The van der Waals surface area contributed by atoms with Gasteiger partial charge in [-0.05, 0) is 32.1 Å². The summed E-state index contributed by atoms with van der Waals surface area (Å²) in [5.41, 5.74) is 0.841. The van der Waals surface area contributed by atoms with E-state index in [9.17, 15) is 9.59 Å². The molecule has 3 unspecified atom stereocenters. The van der Waals surface area contributed by atoms with Crippen LogP contribution in [0.4, 0.5) is 5.69 Å². The topological polar surface area (TPSA) is 52.7 Å². The number of likely N-dealkylation sites (tertiary alicyclic amines) is 1. The number of likely N-dealkylation sites (N-methyl/N-ethyl adjacent to an activating group) is 1. The summed E-state index contributed by atoms with van der Waals surface area (Å²) in [5.74, 6) is 0.467. The quantitative estimate of drug-likeness (QED) is 0.918. The molecule has 0 spiro atoms. The van der Waals surface area contributed by atoms with Gasteiger partial charge in [-0.25, -0.2) is 0 Å². The van der Waals surface area contributed by atoms with Gasteiger partial charge in [0.2, 0.25) is 11.8 Å². The van der Waals surface area contributed by atoms with Gasteiger partial charge in [0.1, 0.15) is 0 Å². The van der Waals surface area contributed by atoms with Crippen LogP contribution >= 0.6 is 11.8 Å². The first-order valence-electron chi connectivity index (χ1n) is 7.96. The molecule has 2 aliphatic heterocycles. The van der Waals surface area contributed by atoms with Gasteiger partial charge in [-0.15, -0.1) is 11.8 Å². The third kappa shape index (κ3) is 3.38. The molecule has 0 radical (unpaired) electrons. The van der Waals surface area contributed by atoms with Crippen molar-refractivity contribution >= 4 is 29.3 Å². The predicted molar refractivity (Wildman–Crippen MR) is 92.6 cm³/mol. The van der Waals surface area contributed by atoms with E-state index in [4.69, 9.17) is 0 Å². The van der Waals surface area contributed by atoms with E-state index < -0.39 is 0 Å². The third-order valence-corrected chi connectivity index (χ3v) is 5.93. The van der Waals surface area contributed by atoms with Gasteiger partial charge < -0.3 is 15.1 Å². The van der Waals surface area contributed by atoms with Crippen molar-refractivity contribution in [2.45, 2.75) is 29.5 Å². The van der Waals surface area contributed by atoms with Crippen molar-refractivity contribution < 1.29 is 9.59 Å². The zero-order valence-electron chi connectivity index (χ0n) is 13.8. The van der Waals surface area contributed by atoms with Crippen molar-refractivity contribution in [1.82, 2.24) is 9.80 Å². The van der Waals surface area contributed by atoms with Crippen LogP contribution in [0.15, 0.2) is 29.2 Å². The number of benzene rings is 1. The fraction of sp³-hybridized carbons (Fsp3) is 0.529. The highest BCUT2D eigenvalue weighted by molar-refractivity contribution is 8.01. The summed E-state index contributed by atoms with van der Waals surface area (Å²) < 4.78 is 0. The Hall–Kier alpha value is -1.53. The Balaban J connectivity index is 1.64. The minimum absolute atomic E-state index is 0.0709. The lowest BCUT2D eigenvalue weighted by Gasteiger charge is -2.26. The van der Waals surface area contributed by atoms with Crippen LogP contribution in [0.25, 0.3) is 0 Å². The Labute approximate surface area is 141 Å². The summed E-state index contributed by atoms with van der Waals surface area (Å²) in [4.78, 5) is 29.9. The largest absolute Gasteiger partial charge is 0.341 e. The molecule has 6 heteroatoms. The number of rotatable bonds is 3. The minimum Gasteiger partial charge on any atom is -0.341 e. The van der Waals surface area contributed by atoms with Crippen molar-refractivity contribution in [3.63, 3.8) is 0 Å². The fourth-order valence-electron chi connectivity index (χ4n) is 3.34. The summed E-state index contributed by atoms with van der Waals surface area (Å²) in [6.07, 6.45) is 0.262. The minimum atomic E-state index is -0.342. The molecule has 2 amide bonds. The molecule has 2 heterocycles. The lowest BCUT2D eigenvalue weighted by atomic mass is 10.1. The number of hydrogen-bond acceptors (Lipinski definition) is 4. The molecular formula is C17H23N3O2S. The molecule has 1 aromatic carbocycles. The summed E-state index contributed by atoms with van der Waals surface area (Å²) in [6, 6.07) is 8.12. The maximum absolute atomic E-state index is 12.6. The van der Waals surface area contributed by atoms with Crippen LogP contribution in [0.3, 0.4) is 0 Å². The number of para-hydroxylation sites is 1. The van der Waals surface area contributed by atoms with Gasteiger partial charge in [-0.1, -0.05) is 19.1 Å². The molecule has 1 aromatic rings. The van der Waals surface area contributed by atoms with Gasteiger partial charge in [0, 0.05) is 30.4 Å². The number of nitrogens with one attached hydrogen (secondary N) is 1. The number of fused-ring (bicyclic) bond motifs is 1. The van der Waals surface area contributed by atoms with Crippen molar-refractivity contribution in [3.05, 3.63) is 24.3 Å². The van der Waals surface area contributed by atoms with E-state index in [2.05, 4.69) is 31.2 Å². The molecule has 1 N–H and O–H groups in total. The van der Waals surface area contributed by atoms with E-state index in [1.165, 1.54) is 11.8 Å². The molecule has 0 saturated carbocycles. The maximum atomic E-state index is 12.6. The summed E-state index contributed by atoms with van der Waals surface area (Å²) in [5, 5.41) is 2.56. The molecule has 3 atom stereocenters. The van der Waals surface area contributed by atoms with Crippen molar-refractivity contribution in [2.24, 2.45) is 5.92 Å². The number of anilines is 1. The molecule has 1 fully saturated rings. The Kier molecular flexibility index (Phi) is 4.64. The highest BCUT2D eigenvalue weighted by atomic mass is 32.2. The second-order valence-electron chi connectivity index (χ2n) is 6.60. The van der Waals surface area contributed by atoms with E-state index in [-0.39, 0.29) is 23.5 Å². The van der Waals surface area contributed by atoms with Crippen molar-refractivity contribution in [1.29, 1.82) is 0 Å². The number of nitrogens with zero attached hydrogens (tertiary/aromatic N) is 2. The first-order chi connectivity index (χ1) is 11.0. The molecule has 3 rings (SSSR count). The Bertz CT molecular complexity index is 620. The smallest absolute Gasteiger partial charge is 0.238 e. The summed E-state index contributed by atoms with van der Waals surface area (Å²) in [7, 11) is 4.10. The molecule has 0 bridgehead atoms. The molecule has 0 aliphatic carbocycles. The van der Waals surface area contributed by atoms with Gasteiger partial charge in [0.25, 0.3) is 0 Å². The van der Waals surface area contributed by atoms with Crippen LogP contribution in [-0.2, 0) is 9.59 Å². The van der Waals surface area contributed by atoms with Crippen molar-refractivity contribution in [3.8, 4) is 0 Å². The molecular weight excluding hydrogens is 310 g/mol. The molecule has 2 aliphatic rings. The van der Waals surface area contributed by atoms with E-state index in [1.807, 2.05) is 29.2 Å². The standard InChI is InChI=1S/C17H23N3O2S/c1-11-9-20(10-13(11)19(2)3)16(21)8-15-17(22)18-12-6-4-5-7-14(12)23-15/h4-7,11,13,15H,8-10H2,1-3H3,(H,18,22). The van der Waals surface area contributed by atoms with Crippen LogP contribution in [0.2, 0.25) is 0 Å². The van der Waals surface area contributed by atoms with Gasteiger partial charge in [0.05, 0.1) is 10.9 Å². The van der Waals surface area contributed by atoms with E-state index in [0.717, 1.165) is 23.7 Å². The van der Waals surface area contributed by atoms with E-state index in [1.54, 1.807) is 0 Å². The predicted octanol–water partition coefficient (Wildman–Crippen LogP) is 1.90. The number of amides is 2. The van der Waals surface area contributed by atoms with Crippen LogP contribution < -0.4 is 5.32 Å². The van der Waals surface area contributed by atoms with E-state index in [0.29, 0.717) is 12.0 Å².